The van der Waals surface area contributed by atoms with Gasteiger partial charge < -0.3 is 0 Å². The van der Waals surface area contributed by atoms with Gasteiger partial charge in [0.25, 0.3) is 11.8 Å². The molecule has 1 aliphatic heterocycles. The fourth-order valence-electron chi connectivity index (χ4n) is 0.678. The van der Waals surface area contributed by atoms with Crippen molar-refractivity contribution in [3.8, 4) is 12.3 Å². The molecule has 0 atom stereocenters. The maximum Gasteiger partial charge on any atom is 0.254 e. The zero-order valence-corrected chi connectivity index (χ0v) is 5.20. The van der Waals surface area contributed by atoms with Crippen LogP contribution in [-0.4, -0.2) is 23.3 Å². The summed E-state index contributed by atoms with van der Waals surface area (Å²) in [6.07, 6.45) is 7.32. The Kier molecular flexibility index (Phi) is 1.55. The monoisotopic (exact) mass is 135 g/mol. The molecule has 2 amide bonds. The smallest absolute Gasteiger partial charge is 0.254 e. The van der Waals surface area contributed by atoms with E-state index in [0.29, 0.717) is 0 Å². The molecule has 0 N–H and O–H groups in total. The summed E-state index contributed by atoms with van der Waals surface area (Å²) in [5, 5.41) is 0. The topological polar surface area (TPSA) is 37.4 Å². The van der Waals surface area contributed by atoms with Gasteiger partial charge in [-0.2, -0.15) is 0 Å². The first kappa shape index (κ1) is 6.56. The molecule has 1 heterocycles. The second-order valence-corrected chi connectivity index (χ2v) is 1.80. The Morgan fingerprint density at radius 2 is 1.90 bits per heavy atom. The molecular weight excluding hydrogens is 130 g/mol. The van der Waals surface area contributed by atoms with E-state index in [2.05, 4.69) is 5.92 Å². The fraction of sp³-hybridized carbons (Fsp3) is 0.143. The van der Waals surface area contributed by atoms with Crippen LogP contribution in [0.1, 0.15) is 0 Å². The normalized spacial score (nSPS) is 16.1. The first-order valence-corrected chi connectivity index (χ1v) is 2.72. The van der Waals surface area contributed by atoms with Crippen LogP contribution in [0.5, 0.6) is 0 Å². The highest BCUT2D eigenvalue weighted by atomic mass is 16.2. The SMILES string of the molecule is C#CCN1C(=O)C=CC1=O. The largest absolute Gasteiger partial charge is 0.269 e. The van der Waals surface area contributed by atoms with Gasteiger partial charge in [0, 0.05) is 12.2 Å². The second kappa shape index (κ2) is 2.36. The molecule has 0 aromatic heterocycles. The Labute approximate surface area is 58.3 Å². The average molecular weight is 135 g/mol. The highest BCUT2D eigenvalue weighted by Crippen LogP contribution is 2.00. The predicted molar refractivity (Wildman–Crippen MR) is 34.7 cm³/mol. The van der Waals surface area contributed by atoms with Crippen LogP contribution in [0.25, 0.3) is 0 Å². The highest BCUT2D eigenvalue weighted by Gasteiger charge is 2.21. The molecule has 0 radical (unpaired) electrons. The van der Waals surface area contributed by atoms with Crippen LogP contribution in [0.15, 0.2) is 12.2 Å². The highest BCUT2D eigenvalue weighted by molar-refractivity contribution is 6.13. The number of nitrogens with zero attached hydrogens (tertiary/aromatic N) is 1. The summed E-state index contributed by atoms with van der Waals surface area (Å²) in [6, 6.07) is 0. The molecule has 1 aliphatic rings. The molecule has 10 heavy (non-hydrogen) atoms. The molecule has 0 aliphatic carbocycles. The van der Waals surface area contributed by atoms with Crippen molar-refractivity contribution in [3.05, 3.63) is 12.2 Å². The van der Waals surface area contributed by atoms with E-state index in [4.69, 9.17) is 6.42 Å². The van der Waals surface area contributed by atoms with Gasteiger partial charge in [-0.1, -0.05) is 5.92 Å². The maximum atomic E-state index is 10.7. The zero-order valence-electron chi connectivity index (χ0n) is 5.20. The molecule has 0 aromatic carbocycles. The van der Waals surface area contributed by atoms with E-state index >= 15 is 0 Å². The number of hydrogen-bond acceptors (Lipinski definition) is 2. The van der Waals surface area contributed by atoms with Crippen LogP contribution in [0, 0.1) is 12.3 Å². The van der Waals surface area contributed by atoms with Crippen molar-refractivity contribution in [2.45, 2.75) is 0 Å². The van der Waals surface area contributed by atoms with Gasteiger partial charge in [0.2, 0.25) is 0 Å². The molecular formula is C7H5NO2. The summed E-state index contributed by atoms with van der Waals surface area (Å²) in [5.41, 5.74) is 0. The quantitative estimate of drug-likeness (QED) is 0.360. The third kappa shape index (κ3) is 0.914. The van der Waals surface area contributed by atoms with Crippen LogP contribution in [0.2, 0.25) is 0 Å². The second-order valence-electron chi connectivity index (χ2n) is 1.80. The molecule has 3 nitrogen and oxygen atoms in total. The molecule has 0 bridgehead atoms. The lowest BCUT2D eigenvalue weighted by molar-refractivity contribution is -0.135. The van der Waals surface area contributed by atoms with Gasteiger partial charge in [-0.3, -0.25) is 14.5 Å². The van der Waals surface area contributed by atoms with E-state index in [-0.39, 0.29) is 18.4 Å². The van der Waals surface area contributed by atoms with E-state index in [1.165, 1.54) is 12.2 Å². The van der Waals surface area contributed by atoms with Crippen LogP contribution in [-0.2, 0) is 9.59 Å². The molecule has 50 valence electrons. The summed E-state index contributed by atoms with van der Waals surface area (Å²) in [4.78, 5) is 22.4. The molecule has 0 unspecified atom stereocenters. The molecule has 0 saturated carbocycles. The van der Waals surface area contributed by atoms with Gasteiger partial charge in [-0.05, 0) is 0 Å². The third-order valence-corrected chi connectivity index (χ3v) is 1.15. The van der Waals surface area contributed by atoms with Crippen molar-refractivity contribution in [3.63, 3.8) is 0 Å². The molecule has 3 heteroatoms. The number of terminal acetylenes is 1. The van der Waals surface area contributed by atoms with E-state index < -0.39 is 0 Å². The zero-order chi connectivity index (χ0) is 7.56. The van der Waals surface area contributed by atoms with Gasteiger partial charge in [0.15, 0.2) is 0 Å². The summed E-state index contributed by atoms with van der Waals surface area (Å²) in [7, 11) is 0. The van der Waals surface area contributed by atoms with Crippen LogP contribution in [0.4, 0.5) is 0 Å². The van der Waals surface area contributed by atoms with Gasteiger partial charge in [0.1, 0.15) is 0 Å². The van der Waals surface area contributed by atoms with Crippen molar-refractivity contribution in [2.24, 2.45) is 0 Å². The number of carbonyl (C=O) groups is 2. The Bertz CT molecular complexity index is 229. The Balaban J connectivity index is 2.72. The predicted octanol–water partition coefficient (Wildman–Crippen LogP) is -0.455. The van der Waals surface area contributed by atoms with Gasteiger partial charge in [-0.25, -0.2) is 0 Å². The number of rotatable bonds is 1. The van der Waals surface area contributed by atoms with Gasteiger partial charge in [-0.15, -0.1) is 6.42 Å². The minimum atomic E-state index is -0.331. The number of hydrogen-bond donors (Lipinski definition) is 0. The third-order valence-electron chi connectivity index (χ3n) is 1.15. The lowest BCUT2D eigenvalue weighted by atomic mass is 10.5. The van der Waals surface area contributed by atoms with E-state index in [1.807, 2.05) is 0 Å². The van der Waals surface area contributed by atoms with Gasteiger partial charge in [0.05, 0.1) is 6.54 Å². The van der Waals surface area contributed by atoms with E-state index in [0.717, 1.165) is 4.90 Å². The van der Waals surface area contributed by atoms with Crippen LogP contribution in [0.3, 0.4) is 0 Å². The van der Waals surface area contributed by atoms with Crippen molar-refractivity contribution in [2.75, 3.05) is 6.54 Å². The van der Waals surface area contributed by atoms with Crippen molar-refractivity contribution in [1.29, 1.82) is 0 Å². The molecule has 0 saturated heterocycles. The summed E-state index contributed by atoms with van der Waals surface area (Å²) >= 11 is 0. The maximum absolute atomic E-state index is 10.7. The van der Waals surface area contributed by atoms with Crippen molar-refractivity contribution < 1.29 is 9.59 Å². The first-order chi connectivity index (χ1) is 4.75. The van der Waals surface area contributed by atoms with E-state index in [9.17, 15) is 9.59 Å². The first-order valence-electron chi connectivity index (χ1n) is 2.72. The number of imide groups is 1. The van der Waals surface area contributed by atoms with Crippen LogP contribution < -0.4 is 0 Å². The summed E-state index contributed by atoms with van der Waals surface area (Å²) < 4.78 is 0. The standard InChI is InChI=1S/C7H5NO2/c1-2-5-8-6(9)3-4-7(8)10/h1,3-4H,5H2. The molecule has 1 rings (SSSR count). The fourth-order valence-corrected chi connectivity index (χ4v) is 0.678. The minimum Gasteiger partial charge on any atom is -0.269 e. The molecule has 0 spiro atoms. The Morgan fingerprint density at radius 3 is 2.30 bits per heavy atom. The summed E-state index contributed by atoms with van der Waals surface area (Å²) in [6.45, 7) is 0.0602. The van der Waals surface area contributed by atoms with Gasteiger partial charge >= 0.3 is 0 Å². The van der Waals surface area contributed by atoms with Crippen LogP contribution >= 0.6 is 0 Å². The Hall–Kier alpha value is -1.56. The number of carbonyl (C=O) groups excluding carboxylic acids is 2. The lowest BCUT2D eigenvalue weighted by Crippen LogP contribution is -2.29. The van der Waals surface area contributed by atoms with E-state index in [1.54, 1.807) is 0 Å². The average Bonchev–Trinajstić information content (AvgIpc) is 2.20. The number of amides is 2. The van der Waals surface area contributed by atoms with Crippen molar-refractivity contribution >= 4 is 11.8 Å². The van der Waals surface area contributed by atoms with Crippen molar-refractivity contribution in [1.82, 2.24) is 4.90 Å². The molecule has 0 aromatic rings. The molecule has 0 fully saturated rings. The summed E-state index contributed by atoms with van der Waals surface area (Å²) in [5.74, 6) is 1.55. The Morgan fingerprint density at radius 1 is 1.40 bits per heavy atom. The minimum absolute atomic E-state index is 0.0602. The lowest BCUT2D eigenvalue weighted by Gasteiger charge is -2.07.